The van der Waals surface area contributed by atoms with Crippen LogP contribution in [0.15, 0.2) is 0 Å². The first-order chi connectivity index (χ1) is 9.18. The van der Waals surface area contributed by atoms with Crippen LogP contribution in [0, 0.1) is 11.8 Å². The van der Waals surface area contributed by atoms with Crippen molar-refractivity contribution in [2.24, 2.45) is 11.8 Å². The molecule has 1 unspecified atom stereocenters. The maximum Gasteiger partial charge on any atom is 0.326 e. The van der Waals surface area contributed by atoms with Crippen molar-refractivity contribution >= 4 is 18.0 Å². The van der Waals surface area contributed by atoms with Crippen LogP contribution in [0.25, 0.3) is 0 Å². The average molecular weight is 288 g/mol. The largest absolute Gasteiger partial charge is 0.480 e. The van der Waals surface area contributed by atoms with Crippen LogP contribution in [-0.4, -0.2) is 54.7 Å². The van der Waals surface area contributed by atoms with Gasteiger partial charge in [0, 0.05) is 13.6 Å². The zero-order valence-electron chi connectivity index (χ0n) is 12.7. The molecule has 0 rings (SSSR count). The van der Waals surface area contributed by atoms with Crippen LogP contribution in [-0.2, 0) is 14.3 Å². The first-order valence-corrected chi connectivity index (χ1v) is 6.51. The van der Waals surface area contributed by atoms with E-state index in [1.807, 2.05) is 13.8 Å². The first-order valence-electron chi connectivity index (χ1n) is 6.51. The monoisotopic (exact) mass is 288 g/mol. The third kappa shape index (κ3) is 6.40. The fourth-order valence-corrected chi connectivity index (χ4v) is 1.72. The number of hydrogen-bond donors (Lipinski definition) is 2. The topological polar surface area (TPSA) is 95.9 Å². The fraction of sp³-hybridized carbons (Fsp3) is 0.769. The summed E-state index contributed by atoms with van der Waals surface area (Å²) in [5, 5.41) is 11.5. The quantitative estimate of drug-likeness (QED) is 0.680. The van der Waals surface area contributed by atoms with E-state index in [9.17, 15) is 14.4 Å². The summed E-state index contributed by atoms with van der Waals surface area (Å²) in [6.45, 7) is 5.56. The summed E-state index contributed by atoms with van der Waals surface area (Å²) in [4.78, 5) is 35.5. The molecular weight excluding hydrogens is 264 g/mol. The van der Waals surface area contributed by atoms with Crippen molar-refractivity contribution < 1.29 is 24.2 Å². The van der Waals surface area contributed by atoms with Crippen molar-refractivity contribution in [1.82, 2.24) is 10.2 Å². The summed E-state index contributed by atoms with van der Waals surface area (Å²) in [5.41, 5.74) is 0. The number of hydrogen-bond acceptors (Lipinski definition) is 4. The lowest BCUT2D eigenvalue weighted by molar-refractivity contribution is -0.145. The van der Waals surface area contributed by atoms with Crippen LogP contribution in [0.1, 0.15) is 27.2 Å². The van der Waals surface area contributed by atoms with Gasteiger partial charge in [0.2, 0.25) is 0 Å². The summed E-state index contributed by atoms with van der Waals surface area (Å²) in [6, 6.07) is -1.45. The smallest absolute Gasteiger partial charge is 0.326 e. The Morgan fingerprint density at radius 3 is 2.20 bits per heavy atom. The SMILES string of the molecule is COC(=O)C(C)CN(C)C(=O)N[C@H](CC(C)C)C(=O)O. The lowest BCUT2D eigenvalue weighted by Gasteiger charge is -2.24. The summed E-state index contributed by atoms with van der Waals surface area (Å²) in [5.74, 6) is -1.80. The average Bonchev–Trinajstić information content (AvgIpc) is 2.35. The van der Waals surface area contributed by atoms with Crippen LogP contribution in [0.3, 0.4) is 0 Å². The van der Waals surface area contributed by atoms with Crippen molar-refractivity contribution in [3.05, 3.63) is 0 Å². The molecule has 0 aromatic rings. The minimum absolute atomic E-state index is 0.149. The number of nitrogens with one attached hydrogen (secondary N) is 1. The second kappa shape index (κ2) is 8.39. The Kier molecular flexibility index (Phi) is 7.64. The van der Waals surface area contributed by atoms with Gasteiger partial charge in [0.05, 0.1) is 13.0 Å². The van der Waals surface area contributed by atoms with Crippen molar-refractivity contribution in [1.29, 1.82) is 0 Å². The number of methoxy groups -OCH3 is 1. The van der Waals surface area contributed by atoms with E-state index in [2.05, 4.69) is 10.1 Å². The van der Waals surface area contributed by atoms with E-state index in [-0.39, 0.29) is 12.5 Å². The van der Waals surface area contributed by atoms with Crippen LogP contribution < -0.4 is 5.32 Å². The predicted octanol–water partition coefficient (Wildman–Crippen LogP) is 0.936. The standard InChI is InChI=1S/C13H24N2O5/c1-8(2)6-10(11(16)17)14-13(19)15(4)7-9(3)12(18)20-5/h8-10H,6-7H2,1-5H3,(H,14,19)(H,16,17)/t9?,10-/m1/s1. The number of carboxylic acids is 1. The summed E-state index contributed by atoms with van der Waals surface area (Å²) < 4.78 is 4.57. The van der Waals surface area contributed by atoms with E-state index in [1.165, 1.54) is 19.1 Å². The molecule has 0 heterocycles. The first kappa shape index (κ1) is 18.2. The van der Waals surface area contributed by atoms with E-state index >= 15 is 0 Å². The van der Waals surface area contributed by atoms with Gasteiger partial charge >= 0.3 is 18.0 Å². The highest BCUT2D eigenvalue weighted by Gasteiger charge is 2.24. The van der Waals surface area contributed by atoms with Gasteiger partial charge in [0.25, 0.3) is 0 Å². The Balaban J connectivity index is 4.49. The third-order valence-corrected chi connectivity index (χ3v) is 2.80. The summed E-state index contributed by atoms with van der Waals surface area (Å²) in [6.07, 6.45) is 0.349. The highest BCUT2D eigenvalue weighted by Crippen LogP contribution is 2.06. The van der Waals surface area contributed by atoms with E-state index in [1.54, 1.807) is 6.92 Å². The number of urea groups is 1. The lowest BCUT2D eigenvalue weighted by atomic mass is 10.0. The molecule has 0 aliphatic carbocycles. The minimum Gasteiger partial charge on any atom is -0.480 e. The third-order valence-electron chi connectivity index (χ3n) is 2.80. The maximum absolute atomic E-state index is 11.9. The Morgan fingerprint density at radius 2 is 1.80 bits per heavy atom. The number of carboxylic acid groups (broad SMARTS) is 1. The molecule has 0 aliphatic heterocycles. The van der Waals surface area contributed by atoms with Crippen molar-refractivity contribution in [3.8, 4) is 0 Å². The van der Waals surface area contributed by atoms with Crippen molar-refractivity contribution in [2.75, 3.05) is 20.7 Å². The lowest BCUT2D eigenvalue weighted by Crippen LogP contribution is -2.48. The molecule has 2 amide bonds. The molecule has 0 saturated heterocycles. The Bertz CT molecular complexity index is 357. The van der Waals surface area contributed by atoms with Gasteiger partial charge in [-0.05, 0) is 12.3 Å². The van der Waals surface area contributed by atoms with E-state index in [4.69, 9.17) is 5.11 Å². The predicted molar refractivity (Wildman–Crippen MR) is 73.2 cm³/mol. The Morgan fingerprint density at radius 1 is 1.25 bits per heavy atom. The molecule has 7 heteroatoms. The number of carbonyl (C=O) groups is 3. The summed E-state index contributed by atoms with van der Waals surface area (Å²) in [7, 11) is 2.78. The second-order valence-electron chi connectivity index (χ2n) is 5.27. The van der Waals surface area contributed by atoms with Crippen LogP contribution in [0.5, 0.6) is 0 Å². The second-order valence-corrected chi connectivity index (χ2v) is 5.27. The van der Waals surface area contributed by atoms with Gasteiger partial charge < -0.3 is 20.1 Å². The molecule has 0 fully saturated rings. The van der Waals surface area contributed by atoms with Crippen LogP contribution in [0.4, 0.5) is 4.79 Å². The van der Waals surface area contributed by atoms with Gasteiger partial charge in [0.15, 0.2) is 0 Å². The van der Waals surface area contributed by atoms with Crippen molar-refractivity contribution in [2.45, 2.75) is 33.2 Å². The zero-order chi connectivity index (χ0) is 15.9. The Labute approximate surface area is 119 Å². The number of esters is 1. The molecule has 0 bridgehead atoms. The van der Waals surface area contributed by atoms with Gasteiger partial charge in [-0.15, -0.1) is 0 Å². The maximum atomic E-state index is 11.9. The molecule has 0 aromatic carbocycles. The number of ether oxygens (including phenoxy) is 1. The molecule has 0 saturated carbocycles. The molecule has 0 spiro atoms. The molecule has 0 aliphatic rings. The van der Waals surface area contributed by atoms with Crippen LogP contribution in [0.2, 0.25) is 0 Å². The number of carbonyl (C=O) groups excluding carboxylic acids is 2. The Hall–Kier alpha value is -1.79. The summed E-state index contributed by atoms with van der Waals surface area (Å²) >= 11 is 0. The molecule has 2 atom stereocenters. The number of amides is 2. The van der Waals surface area contributed by atoms with Crippen molar-refractivity contribution in [3.63, 3.8) is 0 Å². The molecule has 20 heavy (non-hydrogen) atoms. The highest BCUT2D eigenvalue weighted by molar-refractivity contribution is 5.82. The van der Waals surface area contributed by atoms with Gasteiger partial charge in [-0.25, -0.2) is 9.59 Å². The van der Waals surface area contributed by atoms with Gasteiger partial charge in [0.1, 0.15) is 6.04 Å². The van der Waals surface area contributed by atoms with E-state index in [0.717, 1.165) is 0 Å². The number of nitrogens with zero attached hydrogens (tertiary/aromatic N) is 1. The van der Waals surface area contributed by atoms with Crippen LogP contribution >= 0.6 is 0 Å². The van der Waals surface area contributed by atoms with Gasteiger partial charge in [-0.1, -0.05) is 20.8 Å². The van der Waals surface area contributed by atoms with E-state index in [0.29, 0.717) is 6.42 Å². The molecule has 0 aromatic heterocycles. The molecule has 2 N–H and O–H groups in total. The van der Waals surface area contributed by atoms with Gasteiger partial charge in [-0.2, -0.15) is 0 Å². The highest BCUT2D eigenvalue weighted by atomic mass is 16.5. The molecule has 0 radical (unpaired) electrons. The number of rotatable bonds is 7. The van der Waals surface area contributed by atoms with E-state index < -0.39 is 29.9 Å². The molecule has 7 nitrogen and oxygen atoms in total. The normalized spacial score (nSPS) is 13.5. The fourth-order valence-electron chi connectivity index (χ4n) is 1.72. The van der Waals surface area contributed by atoms with Gasteiger partial charge in [-0.3, -0.25) is 4.79 Å². The number of aliphatic carboxylic acids is 1. The molecule has 116 valence electrons. The minimum atomic E-state index is -1.07. The molecular formula is C13H24N2O5. The zero-order valence-corrected chi connectivity index (χ0v) is 12.7.